The number of aromatic nitrogens is 1. The Morgan fingerprint density at radius 2 is 1.77 bits per heavy atom. The van der Waals surface area contributed by atoms with Crippen LogP contribution in [0.2, 0.25) is 0 Å². The van der Waals surface area contributed by atoms with Crippen LogP contribution >= 0.6 is 0 Å². The molecule has 2 aromatic carbocycles. The van der Waals surface area contributed by atoms with E-state index in [1.807, 2.05) is 6.07 Å². The van der Waals surface area contributed by atoms with E-state index in [9.17, 15) is 9.90 Å². The van der Waals surface area contributed by atoms with Gasteiger partial charge in [-0.25, -0.2) is 9.78 Å². The number of carboxylic acid groups (broad SMARTS) is 1. The number of rotatable bonds is 4. The van der Waals surface area contributed by atoms with Crippen LogP contribution in [0.15, 0.2) is 66.4 Å². The molecule has 3 aromatic rings. The molecule has 0 aliphatic heterocycles. The topological polar surface area (TPSA) is 110 Å². The summed E-state index contributed by atoms with van der Waals surface area (Å²) in [5.74, 6) is -1.01. The normalized spacial score (nSPS) is 9.77. The molecule has 6 nitrogen and oxygen atoms in total. The van der Waals surface area contributed by atoms with E-state index in [1.165, 1.54) is 6.20 Å². The van der Waals surface area contributed by atoms with Crippen LogP contribution in [-0.2, 0) is 0 Å². The third kappa shape index (κ3) is 3.35. The standard InChI is InChI=1S/C20H12N4O2/c21-10-13(11-22)12-23-15-7-5-14(6-8-15)19-9-17(20(25)26)16-3-1-2-4-18(16)24-19/h1-9,12,23H,(H,25,26). The van der Waals surface area contributed by atoms with Crippen LogP contribution in [0.3, 0.4) is 0 Å². The van der Waals surface area contributed by atoms with Gasteiger partial charge in [-0.05, 0) is 24.3 Å². The molecule has 0 bridgehead atoms. The van der Waals surface area contributed by atoms with Gasteiger partial charge in [0.15, 0.2) is 0 Å². The fourth-order valence-electron chi connectivity index (χ4n) is 2.48. The number of pyridine rings is 1. The van der Waals surface area contributed by atoms with Gasteiger partial charge in [0.2, 0.25) is 0 Å². The number of carbonyl (C=O) groups is 1. The van der Waals surface area contributed by atoms with Crippen LogP contribution in [-0.4, -0.2) is 16.1 Å². The van der Waals surface area contributed by atoms with Crippen LogP contribution in [0.4, 0.5) is 5.69 Å². The Labute approximate surface area is 149 Å². The number of fused-ring (bicyclic) bond motifs is 1. The van der Waals surface area contributed by atoms with Crippen LogP contribution < -0.4 is 5.32 Å². The second-order valence-electron chi connectivity index (χ2n) is 5.38. The van der Waals surface area contributed by atoms with Gasteiger partial charge in [0.05, 0.1) is 16.8 Å². The number of allylic oxidation sites excluding steroid dienone is 1. The van der Waals surface area contributed by atoms with Crippen molar-refractivity contribution < 1.29 is 9.90 Å². The molecule has 2 N–H and O–H groups in total. The van der Waals surface area contributed by atoms with Crippen LogP contribution in [0.1, 0.15) is 10.4 Å². The van der Waals surface area contributed by atoms with Crippen molar-refractivity contribution in [3.05, 3.63) is 71.9 Å². The molecular formula is C20H12N4O2. The second kappa shape index (κ2) is 7.16. The van der Waals surface area contributed by atoms with Crippen molar-refractivity contribution in [1.29, 1.82) is 10.5 Å². The smallest absolute Gasteiger partial charge is 0.336 e. The van der Waals surface area contributed by atoms with Gasteiger partial charge in [-0.15, -0.1) is 0 Å². The van der Waals surface area contributed by atoms with Gasteiger partial charge >= 0.3 is 5.97 Å². The lowest BCUT2D eigenvalue weighted by Gasteiger charge is -2.08. The first-order chi connectivity index (χ1) is 12.6. The fraction of sp³-hybridized carbons (Fsp3) is 0. The number of para-hydroxylation sites is 1. The average Bonchev–Trinajstić information content (AvgIpc) is 2.68. The third-order valence-electron chi connectivity index (χ3n) is 3.75. The SMILES string of the molecule is N#CC(C#N)=CNc1ccc(-c2cc(C(=O)O)c3ccccc3n2)cc1. The number of nitriles is 2. The Morgan fingerprint density at radius 3 is 2.42 bits per heavy atom. The van der Waals surface area contributed by atoms with Crippen molar-refractivity contribution in [3.63, 3.8) is 0 Å². The summed E-state index contributed by atoms with van der Waals surface area (Å²) >= 11 is 0. The van der Waals surface area contributed by atoms with Crippen molar-refractivity contribution in [2.75, 3.05) is 5.32 Å². The molecule has 1 aromatic heterocycles. The minimum Gasteiger partial charge on any atom is -0.478 e. The number of aromatic carboxylic acids is 1. The molecule has 3 rings (SSSR count). The zero-order valence-electron chi connectivity index (χ0n) is 13.5. The Bertz CT molecular complexity index is 1090. The molecule has 0 unspecified atom stereocenters. The number of carboxylic acids is 1. The van der Waals surface area contributed by atoms with E-state index in [1.54, 1.807) is 60.7 Å². The molecule has 0 fully saturated rings. The number of anilines is 1. The molecule has 26 heavy (non-hydrogen) atoms. The van der Waals surface area contributed by atoms with Gasteiger partial charge in [0.1, 0.15) is 17.7 Å². The molecule has 0 spiro atoms. The van der Waals surface area contributed by atoms with E-state index in [4.69, 9.17) is 10.5 Å². The summed E-state index contributed by atoms with van der Waals surface area (Å²) in [5.41, 5.74) is 2.78. The van der Waals surface area contributed by atoms with E-state index in [0.717, 1.165) is 5.56 Å². The molecule has 0 saturated carbocycles. The zero-order chi connectivity index (χ0) is 18.5. The summed E-state index contributed by atoms with van der Waals surface area (Å²) in [6.45, 7) is 0. The van der Waals surface area contributed by atoms with Gasteiger partial charge < -0.3 is 10.4 Å². The average molecular weight is 340 g/mol. The highest BCUT2D eigenvalue weighted by molar-refractivity contribution is 6.03. The van der Waals surface area contributed by atoms with Gasteiger partial charge in [-0.2, -0.15) is 10.5 Å². The monoisotopic (exact) mass is 340 g/mol. The van der Waals surface area contributed by atoms with E-state index in [0.29, 0.717) is 22.3 Å². The lowest BCUT2D eigenvalue weighted by Crippen LogP contribution is -2.00. The van der Waals surface area contributed by atoms with E-state index < -0.39 is 5.97 Å². The van der Waals surface area contributed by atoms with Gasteiger partial charge in [-0.1, -0.05) is 30.3 Å². The number of hydrogen-bond donors (Lipinski definition) is 2. The lowest BCUT2D eigenvalue weighted by molar-refractivity contribution is 0.0699. The largest absolute Gasteiger partial charge is 0.478 e. The summed E-state index contributed by atoms with van der Waals surface area (Å²) in [7, 11) is 0. The highest BCUT2D eigenvalue weighted by Gasteiger charge is 2.12. The summed E-state index contributed by atoms with van der Waals surface area (Å²) < 4.78 is 0. The highest BCUT2D eigenvalue weighted by Crippen LogP contribution is 2.26. The Hall–Kier alpha value is -4.16. The van der Waals surface area contributed by atoms with E-state index in [-0.39, 0.29) is 11.1 Å². The molecular weight excluding hydrogens is 328 g/mol. The van der Waals surface area contributed by atoms with E-state index >= 15 is 0 Å². The summed E-state index contributed by atoms with van der Waals surface area (Å²) in [6, 6.07) is 19.3. The number of nitrogens with zero attached hydrogens (tertiary/aromatic N) is 3. The zero-order valence-corrected chi connectivity index (χ0v) is 13.5. The van der Waals surface area contributed by atoms with Crippen molar-refractivity contribution >= 4 is 22.6 Å². The molecule has 0 aliphatic carbocycles. The minimum absolute atomic E-state index is 0.0311. The van der Waals surface area contributed by atoms with Crippen molar-refractivity contribution in [1.82, 2.24) is 4.98 Å². The van der Waals surface area contributed by atoms with Crippen molar-refractivity contribution in [2.45, 2.75) is 0 Å². The second-order valence-corrected chi connectivity index (χ2v) is 5.38. The first-order valence-corrected chi connectivity index (χ1v) is 7.63. The van der Waals surface area contributed by atoms with Gasteiger partial charge in [0.25, 0.3) is 0 Å². The van der Waals surface area contributed by atoms with Gasteiger partial charge in [0, 0.05) is 22.8 Å². The predicted octanol–water partition coefficient (Wildman–Crippen LogP) is 3.94. The molecule has 0 aliphatic rings. The Morgan fingerprint density at radius 1 is 1.08 bits per heavy atom. The molecule has 6 heteroatoms. The number of benzene rings is 2. The molecule has 124 valence electrons. The maximum absolute atomic E-state index is 11.6. The Kier molecular flexibility index (Phi) is 4.60. The minimum atomic E-state index is -1.01. The van der Waals surface area contributed by atoms with Crippen LogP contribution in [0, 0.1) is 22.7 Å². The van der Waals surface area contributed by atoms with Crippen molar-refractivity contribution in [3.8, 4) is 23.4 Å². The highest BCUT2D eigenvalue weighted by atomic mass is 16.4. The predicted molar refractivity (Wildman–Crippen MR) is 97.1 cm³/mol. The first kappa shape index (κ1) is 16.7. The molecule has 0 atom stereocenters. The molecule has 1 heterocycles. The third-order valence-corrected chi connectivity index (χ3v) is 3.75. The number of nitrogens with one attached hydrogen (secondary N) is 1. The summed E-state index contributed by atoms with van der Waals surface area (Å²) in [4.78, 5) is 16.1. The molecule has 0 saturated heterocycles. The van der Waals surface area contributed by atoms with Crippen LogP contribution in [0.5, 0.6) is 0 Å². The maximum Gasteiger partial charge on any atom is 0.336 e. The summed E-state index contributed by atoms with van der Waals surface area (Å²) in [5, 5.41) is 30.4. The van der Waals surface area contributed by atoms with Crippen LogP contribution in [0.25, 0.3) is 22.2 Å². The maximum atomic E-state index is 11.6. The summed E-state index contributed by atoms with van der Waals surface area (Å²) in [6.07, 6.45) is 1.33. The van der Waals surface area contributed by atoms with Crippen molar-refractivity contribution in [2.24, 2.45) is 0 Å². The lowest BCUT2D eigenvalue weighted by atomic mass is 10.0. The van der Waals surface area contributed by atoms with E-state index in [2.05, 4.69) is 10.3 Å². The Balaban J connectivity index is 1.97. The number of hydrogen-bond acceptors (Lipinski definition) is 5. The first-order valence-electron chi connectivity index (χ1n) is 7.63. The fourth-order valence-corrected chi connectivity index (χ4v) is 2.48. The quantitative estimate of drug-likeness (QED) is 0.696. The van der Waals surface area contributed by atoms with Gasteiger partial charge in [-0.3, -0.25) is 0 Å². The molecule has 0 radical (unpaired) electrons. The molecule has 0 amide bonds.